The van der Waals surface area contributed by atoms with Gasteiger partial charge in [0.2, 0.25) is 11.8 Å². The van der Waals surface area contributed by atoms with Crippen molar-refractivity contribution in [2.75, 3.05) is 9.80 Å². The molecule has 4 aromatic rings. The number of aromatic amines is 1. The summed E-state index contributed by atoms with van der Waals surface area (Å²) in [7, 11) is 0. The van der Waals surface area contributed by atoms with E-state index < -0.39 is 48.7 Å². The third-order valence-corrected chi connectivity index (χ3v) is 8.16. The van der Waals surface area contributed by atoms with Crippen molar-refractivity contribution in [1.82, 2.24) is 15.3 Å². The first-order valence-electron chi connectivity index (χ1n) is 13.7. The van der Waals surface area contributed by atoms with Gasteiger partial charge in [-0.25, -0.2) is 13.8 Å². The first-order valence-corrected chi connectivity index (χ1v) is 14.0. The number of nitrogens with zero attached hydrogens (tertiary/aromatic N) is 4. The van der Waals surface area contributed by atoms with Crippen LogP contribution in [0.5, 0.6) is 0 Å². The number of aromatic nitrogens is 2. The molecule has 3 heterocycles. The molecule has 3 amide bonds. The van der Waals surface area contributed by atoms with E-state index in [1.807, 2.05) is 12.1 Å². The van der Waals surface area contributed by atoms with E-state index in [4.69, 9.17) is 11.6 Å². The van der Waals surface area contributed by atoms with Crippen molar-refractivity contribution < 1.29 is 23.2 Å². The number of alkyl halides is 2. The van der Waals surface area contributed by atoms with Gasteiger partial charge in [0.25, 0.3) is 11.8 Å². The van der Waals surface area contributed by atoms with Gasteiger partial charge in [0.05, 0.1) is 11.6 Å². The van der Waals surface area contributed by atoms with Crippen molar-refractivity contribution in [3.63, 3.8) is 0 Å². The number of halogens is 3. The lowest BCUT2D eigenvalue weighted by atomic mass is 9.87. The highest BCUT2D eigenvalue weighted by Gasteiger charge is 2.48. The summed E-state index contributed by atoms with van der Waals surface area (Å²) in [6.07, 6.45) is 2.27. The SMILES string of the molecule is C.N#Cc1ccnc(N2C(=O)CC[C@H]2C(=O)N(c2ccc3[nH]ccc3c2)[C@H](C(=O)NC2CC(F)(F)C2)c2ccccc2Cl)c1. The number of nitrogens with one attached hydrogen (secondary N) is 2. The highest BCUT2D eigenvalue weighted by atomic mass is 35.5. The molecule has 2 fully saturated rings. The second-order valence-electron chi connectivity index (χ2n) is 10.7. The Morgan fingerprint density at radius 1 is 1.16 bits per heavy atom. The quantitative estimate of drug-likeness (QED) is 0.267. The largest absolute Gasteiger partial charge is 0.361 e. The first kappa shape index (κ1) is 30.6. The summed E-state index contributed by atoms with van der Waals surface area (Å²) in [5, 5.41) is 13.0. The molecular formula is C32H29ClF2N6O3. The maximum absolute atomic E-state index is 14.7. The van der Waals surface area contributed by atoms with Crippen LogP contribution in [-0.2, 0) is 14.4 Å². The maximum Gasteiger partial charge on any atom is 0.252 e. The van der Waals surface area contributed by atoms with E-state index in [2.05, 4.69) is 15.3 Å². The normalized spacial score (nSPS) is 18.2. The third kappa shape index (κ3) is 5.73. The van der Waals surface area contributed by atoms with Gasteiger partial charge in [-0.15, -0.1) is 0 Å². The second-order valence-corrected chi connectivity index (χ2v) is 11.1. The Bertz CT molecular complexity index is 1780. The lowest BCUT2D eigenvalue weighted by Crippen LogP contribution is -2.56. The van der Waals surface area contributed by atoms with Gasteiger partial charge in [0.15, 0.2) is 0 Å². The Labute approximate surface area is 257 Å². The predicted molar refractivity (Wildman–Crippen MR) is 162 cm³/mol. The van der Waals surface area contributed by atoms with Crippen LogP contribution in [0.15, 0.2) is 73.1 Å². The number of amides is 3. The lowest BCUT2D eigenvalue weighted by molar-refractivity contribution is -0.133. The lowest BCUT2D eigenvalue weighted by Gasteiger charge is -2.39. The average molecular weight is 619 g/mol. The Morgan fingerprint density at radius 3 is 2.66 bits per heavy atom. The fraction of sp³-hybridized carbons (Fsp3) is 0.281. The molecule has 1 aliphatic carbocycles. The summed E-state index contributed by atoms with van der Waals surface area (Å²) in [5.74, 6) is -4.38. The minimum absolute atomic E-state index is 0. The van der Waals surface area contributed by atoms with Crippen molar-refractivity contribution in [3.05, 3.63) is 89.2 Å². The topological polar surface area (TPSA) is 122 Å². The van der Waals surface area contributed by atoms with Crippen LogP contribution < -0.4 is 15.1 Å². The van der Waals surface area contributed by atoms with Gasteiger partial charge >= 0.3 is 0 Å². The van der Waals surface area contributed by atoms with E-state index in [1.165, 1.54) is 28.1 Å². The van der Waals surface area contributed by atoms with Crippen LogP contribution in [0.4, 0.5) is 20.3 Å². The van der Waals surface area contributed by atoms with E-state index in [0.717, 1.165) is 10.9 Å². The molecule has 2 atom stereocenters. The summed E-state index contributed by atoms with van der Waals surface area (Å²) in [5.41, 5.74) is 1.68. The van der Waals surface area contributed by atoms with Crippen molar-refractivity contribution in [2.45, 2.75) is 57.2 Å². The number of hydrogen-bond donors (Lipinski definition) is 2. The van der Waals surface area contributed by atoms with Gasteiger partial charge < -0.3 is 10.3 Å². The molecule has 1 saturated carbocycles. The number of carbonyl (C=O) groups excluding carboxylic acids is 3. The number of H-pyrrole nitrogens is 1. The van der Waals surface area contributed by atoms with Gasteiger partial charge in [-0.3, -0.25) is 24.2 Å². The number of hydrogen-bond acceptors (Lipinski definition) is 5. The standard InChI is InChI=1S/C31H25ClF2N6O3.CH4/c32-23-4-2-1-3-22(23)28(29(42)38-20-15-31(33,34)16-20)39(21-5-6-24-19(14-21)10-12-36-24)30(43)25-7-8-27(41)40(25)26-13-18(17-35)9-11-37-26;/h1-6,9-14,20,25,28,36H,7-8,15-16H2,(H,38,42);1H4/t25-,28-;/m0./s1. The fourth-order valence-corrected chi connectivity index (χ4v) is 5.96. The van der Waals surface area contributed by atoms with Crippen LogP contribution >= 0.6 is 11.6 Å². The Kier molecular flexibility index (Phi) is 8.39. The van der Waals surface area contributed by atoms with Crippen molar-refractivity contribution in [3.8, 4) is 6.07 Å². The van der Waals surface area contributed by atoms with Crippen LogP contribution in [0.1, 0.15) is 50.3 Å². The average Bonchev–Trinajstić information content (AvgIpc) is 3.61. The van der Waals surface area contributed by atoms with Gasteiger partial charge in [-0.2, -0.15) is 5.26 Å². The second kappa shape index (κ2) is 12.1. The minimum Gasteiger partial charge on any atom is -0.361 e. The molecule has 0 unspecified atom stereocenters. The number of pyridine rings is 1. The molecule has 6 rings (SSSR count). The molecule has 9 nitrogen and oxygen atoms in total. The fourth-order valence-electron chi connectivity index (χ4n) is 5.72. The summed E-state index contributed by atoms with van der Waals surface area (Å²) >= 11 is 6.60. The molecule has 12 heteroatoms. The van der Waals surface area contributed by atoms with Crippen LogP contribution in [0.25, 0.3) is 10.9 Å². The molecule has 2 aromatic carbocycles. The first-order chi connectivity index (χ1) is 20.6. The maximum atomic E-state index is 14.7. The molecule has 226 valence electrons. The zero-order chi connectivity index (χ0) is 30.3. The molecular weight excluding hydrogens is 590 g/mol. The van der Waals surface area contributed by atoms with E-state index in [0.29, 0.717) is 5.69 Å². The van der Waals surface area contributed by atoms with Crippen LogP contribution in [0, 0.1) is 11.3 Å². The monoisotopic (exact) mass is 618 g/mol. The van der Waals surface area contributed by atoms with Crippen LogP contribution in [0.3, 0.4) is 0 Å². The van der Waals surface area contributed by atoms with E-state index >= 15 is 0 Å². The van der Waals surface area contributed by atoms with E-state index in [9.17, 15) is 28.4 Å². The van der Waals surface area contributed by atoms with Crippen LogP contribution in [-0.4, -0.2) is 45.7 Å². The van der Waals surface area contributed by atoms with Gasteiger partial charge in [-0.1, -0.05) is 37.2 Å². The van der Waals surface area contributed by atoms with Crippen molar-refractivity contribution in [1.29, 1.82) is 5.26 Å². The zero-order valence-electron chi connectivity index (χ0n) is 22.6. The minimum atomic E-state index is -2.87. The summed E-state index contributed by atoms with van der Waals surface area (Å²) < 4.78 is 27.4. The molecule has 2 N–H and O–H groups in total. The number of fused-ring (bicyclic) bond motifs is 1. The summed E-state index contributed by atoms with van der Waals surface area (Å²) in [6.45, 7) is 0. The Morgan fingerprint density at radius 2 is 1.93 bits per heavy atom. The highest BCUT2D eigenvalue weighted by molar-refractivity contribution is 6.31. The van der Waals surface area contributed by atoms with Crippen molar-refractivity contribution >= 4 is 51.7 Å². The predicted octanol–water partition coefficient (Wildman–Crippen LogP) is 5.91. The molecule has 0 spiro atoms. The number of benzene rings is 2. The summed E-state index contributed by atoms with van der Waals surface area (Å²) in [6, 6.07) is 15.2. The number of anilines is 2. The van der Waals surface area contributed by atoms with Gasteiger partial charge in [0.1, 0.15) is 17.9 Å². The van der Waals surface area contributed by atoms with E-state index in [1.54, 1.807) is 48.7 Å². The molecule has 0 bridgehead atoms. The van der Waals surface area contributed by atoms with Gasteiger partial charge in [-0.05, 0) is 48.9 Å². The highest BCUT2D eigenvalue weighted by Crippen LogP contribution is 2.40. The molecule has 1 aliphatic heterocycles. The Hall–Kier alpha value is -4.82. The number of nitriles is 1. The van der Waals surface area contributed by atoms with E-state index in [-0.39, 0.29) is 48.1 Å². The molecule has 0 radical (unpaired) electrons. The van der Waals surface area contributed by atoms with Crippen molar-refractivity contribution in [2.24, 2.45) is 0 Å². The summed E-state index contributed by atoms with van der Waals surface area (Å²) in [4.78, 5) is 51.7. The number of rotatable bonds is 7. The number of carbonyl (C=O) groups is 3. The molecule has 1 saturated heterocycles. The zero-order valence-corrected chi connectivity index (χ0v) is 23.4. The van der Waals surface area contributed by atoms with Crippen LogP contribution in [0.2, 0.25) is 5.02 Å². The Balaban J connectivity index is 0.00000384. The smallest absolute Gasteiger partial charge is 0.252 e. The third-order valence-electron chi connectivity index (χ3n) is 7.81. The molecule has 2 aliphatic rings. The molecule has 44 heavy (non-hydrogen) atoms. The molecule has 2 aromatic heterocycles. The van der Waals surface area contributed by atoms with Gasteiger partial charge in [0, 0.05) is 64.9 Å².